The summed E-state index contributed by atoms with van der Waals surface area (Å²) in [5, 5.41) is 5.39. The van der Waals surface area contributed by atoms with Crippen LogP contribution in [-0.4, -0.2) is 11.0 Å². The largest absolute Gasteiger partial charge is 0.324 e. The molecule has 0 fully saturated rings. The van der Waals surface area contributed by atoms with Crippen molar-refractivity contribution in [2.75, 3.05) is 10.6 Å². The number of nitrogens with zero attached hydrogens (tertiary/aromatic N) is 1. The summed E-state index contributed by atoms with van der Waals surface area (Å²) in [6, 6.07) is 14.4. The van der Waals surface area contributed by atoms with E-state index in [1.54, 1.807) is 6.07 Å². The van der Waals surface area contributed by atoms with Crippen molar-refractivity contribution < 1.29 is 4.79 Å². The van der Waals surface area contributed by atoms with E-state index in [0.717, 1.165) is 11.4 Å². The number of amides is 2. The van der Waals surface area contributed by atoms with E-state index in [1.165, 1.54) is 0 Å². The summed E-state index contributed by atoms with van der Waals surface area (Å²) in [6.45, 7) is 5.88. The van der Waals surface area contributed by atoms with E-state index in [2.05, 4.69) is 15.6 Å². The smallest absolute Gasteiger partial charge is 0.308 e. The normalized spacial score (nSPS) is 9.00. The topological polar surface area (TPSA) is 54.0 Å². The fourth-order valence-electron chi connectivity index (χ4n) is 1.41. The summed E-state index contributed by atoms with van der Waals surface area (Å²) in [6.07, 6.45) is 0. The Morgan fingerprint density at radius 2 is 1.63 bits per heavy atom. The number of anilines is 2. The van der Waals surface area contributed by atoms with E-state index in [0.29, 0.717) is 5.82 Å². The molecule has 19 heavy (non-hydrogen) atoms. The van der Waals surface area contributed by atoms with Crippen molar-refractivity contribution >= 4 is 17.5 Å². The van der Waals surface area contributed by atoms with Gasteiger partial charge in [0, 0.05) is 11.4 Å². The second kappa shape index (κ2) is 7.87. The van der Waals surface area contributed by atoms with Gasteiger partial charge in [0.15, 0.2) is 0 Å². The van der Waals surface area contributed by atoms with Crippen molar-refractivity contribution in [1.82, 2.24) is 4.98 Å². The van der Waals surface area contributed by atoms with E-state index in [4.69, 9.17) is 0 Å². The Labute approximate surface area is 113 Å². The third-order valence-electron chi connectivity index (χ3n) is 2.16. The van der Waals surface area contributed by atoms with Crippen molar-refractivity contribution in [2.24, 2.45) is 0 Å². The molecule has 2 aromatic rings. The highest BCUT2D eigenvalue weighted by atomic mass is 16.2. The second-order valence-corrected chi connectivity index (χ2v) is 3.61. The van der Waals surface area contributed by atoms with Crippen molar-refractivity contribution in [1.29, 1.82) is 0 Å². The monoisotopic (exact) mass is 257 g/mol. The molecule has 0 aliphatic rings. The van der Waals surface area contributed by atoms with Gasteiger partial charge in [-0.05, 0) is 31.2 Å². The highest BCUT2D eigenvalue weighted by molar-refractivity contribution is 5.99. The van der Waals surface area contributed by atoms with Gasteiger partial charge in [0.05, 0.1) is 0 Å². The number of rotatable bonds is 2. The van der Waals surface area contributed by atoms with E-state index in [9.17, 15) is 4.79 Å². The number of hydrogen-bond donors (Lipinski definition) is 2. The highest BCUT2D eigenvalue weighted by Gasteiger charge is 2.02. The Bertz CT molecular complexity index is 512. The molecule has 2 rings (SSSR count). The predicted octanol–water partition coefficient (Wildman–Crippen LogP) is 4.06. The van der Waals surface area contributed by atoms with Gasteiger partial charge in [-0.2, -0.15) is 0 Å². The van der Waals surface area contributed by atoms with Crippen LogP contribution in [0.25, 0.3) is 0 Å². The van der Waals surface area contributed by atoms with Crippen LogP contribution in [0.3, 0.4) is 0 Å². The van der Waals surface area contributed by atoms with Crippen molar-refractivity contribution in [3.05, 3.63) is 54.2 Å². The molecule has 0 aliphatic heterocycles. The molecule has 0 unspecified atom stereocenters. The zero-order valence-electron chi connectivity index (χ0n) is 11.5. The van der Waals surface area contributed by atoms with Gasteiger partial charge in [-0.1, -0.05) is 38.1 Å². The standard InChI is InChI=1S/C13H13N3O.C2H6/c1-10-6-5-9-12(14-10)16-13(17)15-11-7-3-2-4-8-11;1-2/h2-9H,1H3,(H2,14,15,16,17);1-2H3. The molecular formula is C15H19N3O. The Morgan fingerprint density at radius 1 is 0.947 bits per heavy atom. The van der Waals surface area contributed by atoms with Gasteiger partial charge < -0.3 is 5.32 Å². The van der Waals surface area contributed by atoms with Crippen LogP contribution in [0.4, 0.5) is 16.3 Å². The van der Waals surface area contributed by atoms with Gasteiger partial charge in [-0.15, -0.1) is 0 Å². The lowest BCUT2D eigenvalue weighted by Gasteiger charge is -2.06. The number of pyridine rings is 1. The molecule has 2 amide bonds. The third-order valence-corrected chi connectivity index (χ3v) is 2.16. The maximum Gasteiger partial charge on any atom is 0.324 e. The number of benzene rings is 1. The van der Waals surface area contributed by atoms with E-state index in [1.807, 2.05) is 63.2 Å². The van der Waals surface area contributed by atoms with Crippen LogP contribution in [0.1, 0.15) is 19.5 Å². The molecule has 0 aliphatic carbocycles. The van der Waals surface area contributed by atoms with E-state index < -0.39 is 0 Å². The van der Waals surface area contributed by atoms with Crippen molar-refractivity contribution in [2.45, 2.75) is 20.8 Å². The quantitative estimate of drug-likeness (QED) is 0.852. The number of carbonyl (C=O) groups is 1. The first-order valence-electron chi connectivity index (χ1n) is 6.31. The van der Waals surface area contributed by atoms with Crippen LogP contribution >= 0.6 is 0 Å². The second-order valence-electron chi connectivity index (χ2n) is 3.61. The maximum atomic E-state index is 11.6. The van der Waals surface area contributed by atoms with Gasteiger partial charge in [0.25, 0.3) is 0 Å². The predicted molar refractivity (Wildman–Crippen MR) is 79.4 cm³/mol. The zero-order valence-corrected chi connectivity index (χ0v) is 11.5. The summed E-state index contributed by atoms with van der Waals surface area (Å²) >= 11 is 0. The zero-order chi connectivity index (χ0) is 14.1. The third kappa shape index (κ3) is 5.21. The van der Waals surface area contributed by atoms with Crippen LogP contribution in [0.2, 0.25) is 0 Å². The van der Waals surface area contributed by atoms with Gasteiger partial charge >= 0.3 is 6.03 Å². The number of aromatic nitrogens is 1. The number of hydrogen-bond acceptors (Lipinski definition) is 2. The average molecular weight is 257 g/mol. The number of para-hydroxylation sites is 1. The molecule has 4 heteroatoms. The van der Waals surface area contributed by atoms with Gasteiger partial charge in [0.2, 0.25) is 0 Å². The molecular weight excluding hydrogens is 238 g/mol. The minimum Gasteiger partial charge on any atom is -0.308 e. The molecule has 1 aromatic carbocycles. The van der Waals surface area contributed by atoms with Gasteiger partial charge in [0.1, 0.15) is 5.82 Å². The molecule has 100 valence electrons. The molecule has 1 heterocycles. The fraction of sp³-hybridized carbons (Fsp3) is 0.200. The number of urea groups is 1. The molecule has 0 atom stereocenters. The first-order chi connectivity index (χ1) is 9.24. The first kappa shape index (κ1) is 14.7. The van der Waals surface area contributed by atoms with Gasteiger partial charge in [-0.3, -0.25) is 5.32 Å². The Balaban J connectivity index is 0.000000861. The molecule has 0 radical (unpaired) electrons. The summed E-state index contributed by atoms with van der Waals surface area (Å²) in [5.74, 6) is 0.540. The fourth-order valence-corrected chi connectivity index (χ4v) is 1.41. The lowest BCUT2D eigenvalue weighted by molar-refractivity contribution is 0.262. The molecule has 0 spiro atoms. The van der Waals surface area contributed by atoms with Crippen molar-refractivity contribution in [3.63, 3.8) is 0 Å². The summed E-state index contributed by atoms with van der Waals surface area (Å²) < 4.78 is 0. The number of nitrogens with one attached hydrogen (secondary N) is 2. The molecule has 1 aromatic heterocycles. The number of carbonyl (C=O) groups excluding carboxylic acids is 1. The average Bonchev–Trinajstić information content (AvgIpc) is 2.42. The summed E-state index contributed by atoms with van der Waals surface area (Å²) in [7, 11) is 0. The lowest BCUT2D eigenvalue weighted by Crippen LogP contribution is -2.20. The molecule has 2 N–H and O–H groups in total. The molecule has 0 saturated carbocycles. The van der Waals surface area contributed by atoms with Gasteiger partial charge in [-0.25, -0.2) is 9.78 Å². The van der Waals surface area contributed by atoms with Crippen LogP contribution in [0, 0.1) is 6.92 Å². The van der Waals surface area contributed by atoms with E-state index >= 15 is 0 Å². The Hall–Kier alpha value is -2.36. The van der Waals surface area contributed by atoms with Crippen molar-refractivity contribution in [3.8, 4) is 0 Å². The maximum absolute atomic E-state index is 11.6. The molecule has 4 nitrogen and oxygen atoms in total. The Kier molecular flexibility index (Phi) is 6.09. The van der Waals surface area contributed by atoms with Crippen LogP contribution < -0.4 is 10.6 Å². The van der Waals surface area contributed by atoms with Crippen LogP contribution in [-0.2, 0) is 0 Å². The minimum atomic E-state index is -0.297. The molecule has 0 saturated heterocycles. The minimum absolute atomic E-state index is 0.297. The van der Waals surface area contributed by atoms with Crippen LogP contribution in [0.15, 0.2) is 48.5 Å². The summed E-state index contributed by atoms with van der Waals surface area (Å²) in [5.41, 5.74) is 1.61. The Morgan fingerprint density at radius 3 is 2.26 bits per heavy atom. The molecule has 0 bridgehead atoms. The SMILES string of the molecule is CC.Cc1cccc(NC(=O)Nc2ccccc2)n1. The lowest BCUT2D eigenvalue weighted by atomic mass is 10.3. The van der Waals surface area contributed by atoms with Crippen LogP contribution in [0.5, 0.6) is 0 Å². The number of aryl methyl sites for hydroxylation is 1. The first-order valence-corrected chi connectivity index (χ1v) is 6.31. The van der Waals surface area contributed by atoms with E-state index in [-0.39, 0.29) is 6.03 Å². The summed E-state index contributed by atoms with van der Waals surface area (Å²) in [4.78, 5) is 15.8. The highest BCUT2D eigenvalue weighted by Crippen LogP contribution is 2.07.